The zero-order chi connectivity index (χ0) is 8.55. The van der Waals surface area contributed by atoms with E-state index in [1.54, 1.807) is 0 Å². The van der Waals surface area contributed by atoms with E-state index < -0.39 is 0 Å². The molecule has 0 aromatic carbocycles. The number of aromatic nitrogens is 1. The summed E-state index contributed by atoms with van der Waals surface area (Å²) in [5.41, 5.74) is 3.34. The van der Waals surface area contributed by atoms with Gasteiger partial charge in [-0.25, -0.2) is 4.98 Å². The Labute approximate surface area is 76.5 Å². The molecule has 1 aromatic rings. The van der Waals surface area contributed by atoms with Crippen molar-refractivity contribution in [3.05, 3.63) is 28.0 Å². The first-order valence-electron chi connectivity index (χ1n) is 4.00. The third-order valence-corrected chi connectivity index (χ3v) is 2.37. The molecule has 1 aliphatic rings. The Hall–Kier alpha value is -0.600. The third kappa shape index (κ3) is 1.32. The summed E-state index contributed by atoms with van der Waals surface area (Å²) in [6, 6.07) is 2.09. The van der Waals surface area contributed by atoms with Crippen LogP contribution in [-0.4, -0.2) is 11.6 Å². The second-order valence-electron chi connectivity index (χ2n) is 2.99. The van der Waals surface area contributed by atoms with E-state index in [1.807, 2.05) is 6.92 Å². The molecule has 1 aliphatic heterocycles. The molecule has 1 aromatic heterocycles. The van der Waals surface area contributed by atoms with E-state index in [-0.39, 0.29) is 0 Å². The van der Waals surface area contributed by atoms with Gasteiger partial charge in [0.1, 0.15) is 5.15 Å². The van der Waals surface area contributed by atoms with Crippen molar-refractivity contribution in [2.75, 3.05) is 6.61 Å². The van der Waals surface area contributed by atoms with E-state index in [0.29, 0.717) is 11.8 Å². The molecule has 3 heteroatoms. The van der Waals surface area contributed by atoms with Crippen molar-refractivity contribution in [3.63, 3.8) is 0 Å². The Morgan fingerprint density at radius 1 is 1.58 bits per heavy atom. The summed E-state index contributed by atoms with van der Waals surface area (Å²) in [4.78, 5) is 4.17. The molecule has 0 bridgehead atoms. The van der Waals surface area contributed by atoms with Crippen molar-refractivity contribution < 1.29 is 4.74 Å². The highest BCUT2D eigenvalue weighted by atomic mass is 35.5. The number of hydrogen-bond donors (Lipinski definition) is 0. The van der Waals surface area contributed by atoms with Gasteiger partial charge < -0.3 is 4.74 Å². The molecule has 0 radical (unpaired) electrons. The molecule has 2 nitrogen and oxygen atoms in total. The van der Waals surface area contributed by atoms with E-state index in [0.717, 1.165) is 24.3 Å². The molecule has 2 heterocycles. The average molecular weight is 184 g/mol. The second kappa shape index (κ2) is 3.04. The topological polar surface area (TPSA) is 22.1 Å². The first-order valence-corrected chi connectivity index (χ1v) is 4.38. The average Bonchev–Trinajstić information content (AvgIpc) is 2.04. The number of halogens is 1. The number of ether oxygens (including phenoxy) is 1. The van der Waals surface area contributed by atoms with Crippen LogP contribution in [0.15, 0.2) is 6.07 Å². The lowest BCUT2D eigenvalue weighted by molar-refractivity contribution is 0.110. The van der Waals surface area contributed by atoms with Gasteiger partial charge in [-0.2, -0.15) is 0 Å². The highest BCUT2D eigenvalue weighted by molar-refractivity contribution is 6.30. The Kier molecular flexibility index (Phi) is 2.03. The molecule has 0 saturated heterocycles. The van der Waals surface area contributed by atoms with Crippen molar-refractivity contribution in [1.82, 2.24) is 4.98 Å². The number of pyridine rings is 1. The first kappa shape index (κ1) is 8.02. The van der Waals surface area contributed by atoms with Crippen LogP contribution in [0.25, 0.3) is 0 Å². The Bertz CT molecular complexity index is 312. The van der Waals surface area contributed by atoms with Gasteiger partial charge >= 0.3 is 0 Å². The SMILES string of the molecule is Cc1cc2c(c(Cl)n1)COCC2. The van der Waals surface area contributed by atoms with E-state index in [2.05, 4.69) is 11.1 Å². The predicted molar refractivity (Wildman–Crippen MR) is 47.3 cm³/mol. The standard InChI is InChI=1S/C9H10ClNO/c1-6-4-7-2-3-12-5-8(7)9(10)11-6/h4H,2-3,5H2,1H3. The molecule has 0 amide bonds. The first-order chi connectivity index (χ1) is 5.77. The fourth-order valence-electron chi connectivity index (χ4n) is 1.46. The largest absolute Gasteiger partial charge is 0.376 e. The van der Waals surface area contributed by atoms with Gasteiger partial charge in [-0.15, -0.1) is 0 Å². The number of fused-ring (bicyclic) bond motifs is 1. The quantitative estimate of drug-likeness (QED) is 0.575. The van der Waals surface area contributed by atoms with Crippen molar-refractivity contribution in [3.8, 4) is 0 Å². The van der Waals surface area contributed by atoms with Crippen LogP contribution in [0.2, 0.25) is 5.15 Å². The lowest BCUT2D eigenvalue weighted by Gasteiger charge is -2.17. The number of nitrogens with zero attached hydrogens (tertiary/aromatic N) is 1. The van der Waals surface area contributed by atoms with Crippen molar-refractivity contribution >= 4 is 11.6 Å². The predicted octanol–water partition coefficient (Wildman–Crippen LogP) is 2.12. The zero-order valence-electron chi connectivity index (χ0n) is 6.93. The lowest BCUT2D eigenvalue weighted by Crippen LogP contribution is -2.11. The van der Waals surface area contributed by atoms with Crippen molar-refractivity contribution in [1.29, 1.82) is 0 Å². The maximum absolute atomic E-state index is 5.96. The van der Waals surface area contributed by atoms with E-state index >= 15 is 0 Å². The molecule has 0 unspecified atom stereocenters. The molecule has 12 heavy (non-hydrogen) atoms. The smallest absolute Gasteiger partial charge is 0.135 e. The van der Waals surface area contributed by atoms with Gasteiger partial charge in [0, 0.05) is 11.3 Å². The van der Waals surface area contributed by atoms with E-state index in [4.69, 9.17) is 16.3 Å². The Balaban J connectivity index is 2.53. The minimum Gasteiger partial charge on any atom is -0.376 e. The normalized spacial score (nSPS) is 15.8. The van der Waals surface area contributed by atoms with Crippen molar-refractivity contribution in [2.24, 2.45) is 0 Å². The van der Waals surface area contributed by atoms with Crippen LogP contribution in [0.5, 0.6) is 0 Å². The van der Waals surface area contributed by atoms with Crippen LogP contribution in [0, 0.1) is 6.92 Å². The summed E-state index contributed by atoms with van der Waals surface area (Å²) >= 11 is 5.96. The van der Waals surface area contributed by atoms with Crippen LogP contribution in [0.4, 0.5) is 0 Å². The van der Waals surface area contributed by atoms with Gasteiger partial charge in [-0.1, -0.05) is 11.6 Å². The molecule has 2 rings (SSSR count). The molecule has 0 atom stereocenters. The molecular formula is C9H10ClNO. The highest BCUT2D eigenvalue weighted by Gasteiger charge is 2.13. The van der Waals surface area contributed by atoms with Gasteiger partial charge in [0.15, 0.2) is 0 Å². The minimum absolute atomic E-state index is 0.602. The molecule has 0 saturated carbocycles. The van der Waals surface area contributed by atoms with Crippen LogP contribution < -0.4 is 0 Å². The van der Waals surface area contributed by atoms with Gasteiger partial charge in [0.2, 0.25) is 0 Å². The summed E-state index contributed by atoms with van der Waals surface area (Å²) in [7, 11) is 0. The fraction of sp³-hybridized carbons (Fsp3) is 0.444. The molecule has 0 spiro atoms. The van der Waals surface area contributed by atoms with E-state index in [1.165, 1.54) is 5.56 Å². The second-order valence-corrected chi connectivity index (χ2v) is 3.35. The summed E-state index contributed by atoms with van der Waals surface area (Å²) in [5.74, 6) is 0. The lowest BCUT2D eigenvalue weighted by atomic mass is 10.1. The van der Waals surface area contributed by atoms with E-state index in [9.17, 15) is 0 Å². The number of hydrogen-bond acceptors (Lipinski definition) is 2. The van der Waals surface area contributed by atoms with Crippen LogP contribution in [0.1, 0.15) is 16.8 Å². The summed E-state index contributed by atoms with van der Waals surface area (Å²) in [6.07, 6.45) is 0.957. The summed E-state index contributed by atoms with van der Waals surface area (Å²) in [5, 5.41) is 0.602. The molecular weight excluding hydrogens is 174 g/mol. The molecule has 0 aliphatic carbocycles. The van der Waals surface area contributed by atoms with Gasteiger partial charge in [-0.05, 0) is 25.0 Å². The Morgan fingerprint density at radius 2 is 2.42 bits per heavy atom. The highest BCUT2D eigenvalue weighted by Crippen LogP contribution is 2.23. The maximum Gasteiger partial charge on any atom is 0.135 e. The number of aryl methyl sites for hydroxylation is 1. The molecule has 64 valence electrons. The van der Waals surface area contributed by atoms with Gasteiger partial charge in [0.25, 0.3) is 0 Å². The third-order valence-electron chi connectivity index (χ3n) is 2.06. The van der Waals surface area contributed by atoms with Crippen LogP contribution >= 0.6 is 11.6 Å². The maximum atomic E-state index is 5.96. The fourth-order valence-corrected chi connectivity index (χ4v) is 1.77. The molecule has 0 N–H and O–H groups in total. The molecule has 0 fully saturated rings. The Morgan fingerprint density at radius 3 is 3.25 bits per heavy atom. The summed E-state index contributed by atoms with van der Waals surface area (Å²) in [6.45, 7) is 3.37. The van der Waals surface area contributed by atoms with Gasteiger partial charge in [-0.3, -0.25) is 0 Å². The van der Waals surface area contributed by atoms with Crippen LogP contribution in [0.3, 0.4) is 0 Å². The van der Waals surface area contributed by atoms with Crippen LogP contribution in [-0.2, 0) is 17.8 Å². The minimum atomic E-state index is 0.602. The zero-order valence-corrected chi connectivity index (χ0v) is 7.69. The summed E-state index contributed by atoms with van der Waals surface area (Å²) < 4.78 is 5.29. The number of rotatable bonds is 0. The van der Waals surface area contributed by atoms with Gasteiger partial charge in [0.05, 0.1) is 13.2 Å². The monoisotopic (exact) mass is 183 g/mol. The van der Waals surface area contributed by atoms with Crippen molar-refractivity contribution in [2.45, 2.75) is 20.0 Å².